The monoisotopic (exact) mass is 416 g/mol. The van der Waals surface area contributed by atoms with Crippen LogP contribution < -0.4 is 20.3 Å². The van der Waals surface area contributed by atoms with E-state index in [9.17, 15) is 0 Å². The number of nitrogens with zero attached hydrogens (tertiary/aromatic N) is 7. The van der Waals surface area contributed by atoms with Crippen LogP contribution in [0.15, 0.2) is 65.2 Å². The summed E-state index contributed by atoms with van der Waals surface area (Å²) in [6, 6.07) is 19.8. The third-order valence-electron chi connectivity index (χ3n) is 4.86. The second-order valence-corrected chi connectivity index (χ2v) is 7.07. The quantitative estimate of drug-likeness (QED) is 0.502. The number of hydrogen-bond acceptors (Lipinski definition) is 10. The van der Waals surface area contributed by atoms with E-state index in [-0.39, 0.29) is 23.7 Å². The molecule has 5 rings (SSSR count). The number of aromatic nitrogens is 5. The SMILES string of the molecule is CN(c1ccccc1)c1nc(N)nc(-c2noc(N3CC(Oc4ccccc4)C3)n2)n1. The van der Waals surface area contributed by atoms with Gasteiger partial charge in [-0.2, -0.15) is 19.9 Å². The maximum absolute atomic E-state index is 5.91. The number of anilines is 4. The first-order chi connectivity index (χ1) is 15.2. The van der Waals surface area contributed by atoms with E-state index in [4.69, 9.17) is 15.0 Å². The summed E-state index contributed by atoms with van der Waals surface area (Å²) in [6.45, 7) is 1.30. The van der Waals surface area contributed by atoms with Gasteiger partial charge in [-0.15, -0.1) is 0 Å². The summed E-state index contributed by atoms with van der Waals surface area (Å²) in [5.74, 6) is 1.81. The van der Waals surface area contributed by atoms with E-state index in [0.717, 1.165) is 11.4 Å². The third kappa shape index (κ3) is 3.95. The molecule has 156 valence electrons. The molecule has 0 amide bonds. The lowest BCUT2D eigenvalue weighted by atomic mass is 10.2. The zero-order chi connectivity index (χ0) is 21.2. The maximum atomic E-state index is 5.91. The minimum atomic E-state index is 0.0664. The second-order valence-electron chi connectivity index (χ2n) is 7.07. The lowest BCUT2D eigenvalue weighted by Gasteiger charge is -2.37. The average molecular weight is 416 g/mol. The van der Waals surface area contributed by atoms with Crippen LogP contribution in [-0.2, 0) is 0 Å². The van der Waals surface area contributed by atoms with Gasteiger partial charge in [-0.1, -0.05) is 41.6 Å². The Labute approximate surface area is 178 Å². The van der Waals surface area contributed by atoms with E-state index in [1.165, 1.54) is 0 Å². The molecule has 0 saturated carbocycles. The van der Waals surface area contributed by atoms with Crippen molar-refractivity contribution >= 4 is 23.6 Å². The minimum absolute atomic E-state index is 0.0664. The Morgan fingerprint density at radius 3 is 2.39 bits per heavy atom. The van der Waals surface area contributed by atoms with Gasteiger partial charge < -0.3 is 24.8 Å². The fraction of sp³-hybridized carbons (Fsp3) is 0.190. The zero-order valence-corrected chi connectivity index (χ0v) is 16.8. The van der Waals surface area contributed by atoms with Crippen molar-refractivity contribution in [1.29, 1.82) is 0 Å². The lowest BCUT2D eigenvalue weighted by molar-refractivity contribution is 0.160. The molecule has 31 heavy (non-hydrogen) atoms. The summed E-state index contributed by atoms with van der Waals surface area (Å²) in [5, 5.41) is 4.02. The van der Waals surface area contributed by atoms with Gasteiger partial charge in [-0.25, -0.2) is 0 Å². The molecule has 0 radical (unpaired) electrons. The van der Waals surface area contributed by atoms with E-state index in [1.54, 1.807) is 0 Å². The molecule has 2 aromatic heterocycles. The van der Waals surface area contributed by atoms with Crippen molar-refractivity contribution in [3.8, 4) is 17.4 Å². The van der Waals surface area contributed by atoms with E-state index in [0.29, 0.717) is 25.1 Å². The topological polar surface area (TPSA) is 119 Å². The van der Waals surface area contributed by atoms with Gasteiger partial charge in [0.2, 0.25) is 23.5 Å². The molecule has 1 fully saturated rings. The summed E-state index contributed by atoms with van der Waals surface area (Å²) in [5.41, 5.74) is 6.82. The van der Waals surface area contributed by atoms with E-state index < -0.39 is 0 Å². The summed E-state index contributed by atoms with van der Waals surface area (Å²) in [6.07, 6.45) is 0.0664. The molecule has 2 aromatic carbocycles. The van der Waals surface area contributed by atoms with Crippen LogP contribution in [0.1, 0.15) is 0 Å². The smallest absolute Gasteiger partial charge is 0.324 e. The van der Waals surface area contributed by atoms with Crippen molar-refractivity contribution in [2.45, 2.75) is 6.10 Å². The number of para-hydroxylation sites is 2. The molecule has 10 nitrogen and oxygen atoms in total. The summed E-state index contributed by atoms with van der Waals surface area (Å²) in [7, 11) is 1.85. The van der Waals surface area contributed by atoms with E-state index in [1.807, 2.05) is 77.5 Å². The van der Waals surface area contributed by atoms with Crippen molar-refractivity contribution in [2.75, 3.05) is 35.7 Å². The van der Waals surface area contributed by atoms with Crippen molar-refractivity contribution < 1.29 is 9.26 Å². The average Bonchev–Trinajstić information content (AvgIpc) is 3.26. The Balaban J connectivity index is 1.29. The van der Waals surface area contributed by atoms with Gasteiger partial charge in [0.25, 0.3) is 0 Å². The van der Waals surface area contributed by atoms with Crippen molar-refractivity contribution in [2.24, 2.45) is 0 Å². The molecule has 1 aliphatic heterocycles. The van der Waals surface area contributed by atoms with Gasteiger partial charge in [0.05, 0.1) is 13.1 Å². The highest BCUT2D eigenvalue weighted by molar-refractivity contribution is 5.59. The molecular weight excluding hydrogens is 396 g/mol. The number of hydrogen-bond donors (Lipinski definition) is 1. The number of nitrogen functional groups attached to an aromatic ring is 1. The molecule has 0 bridgehead atoms. The van der Waals surface area contributed by atoms with Gasteiger partial charge in [0, 0.05) is 12.7 Å². The molecule has 0 atom stereocenters. The van der Waals surface area contributed by atoms with Gasteiger partial charge in [-0.05, 0) is 24.3 Å². The predicted octanol–water partition coefficient (Wildman–Crippen LogP) is 2.54. The number of ether oxygens (including phenoxy) is 1. The number of nitrogens with two attached hydrogens (primary N) is 1. The molecule has 1 saturated heterocycles. The first-order valence-corrected chi connectivity index (χ1v) is 9.77. The molecule has 1 aliphatic rings. The van der Waals surface area contributed by atoms with Crippen LogP contribution in [0.4, 0.5) is 23.6 Å². The van der Waals surface area contributed by atoms with Crippen LogP contribution in [0.5, 0.6) is 5.75 Å². The Morgan fingerprint density at radius 2 is 1.65 bits per heavy atom. The third-order valence-corrected chi connectivity index (χ3v) is 4.86. The number of rotatable bonds is 6. The summed E-state index contributed by atoms with van der Waals surface area (Å²) >= 11 is 0. The minimum Gasteiger partial charge on any atom is -0.487 e. The van der Waals surface area contributed by atoms with Gasteiger partial charge in [0.1, 0.15) is 11.9 Å². The lowest BCUT2D eigenvalue weighted by Crippen LogP contribution is -2.54. The molecule has 3 heterocycles. The fourth-order valence-electron chi connectivity index (χ4n) is 3.19. The highest BCUT2D eigenvalue weighted by Crippen LogP contribution is 2.26. The van der Waals surface area contributed by atoms with Crippen molar-refractivity contribution in [3.05, 3.63) is 60.7 Å². The molecule has 0 aliphatic carbocycles. The van der Waals surface area contributed by atoms with E-state index >= 15 is 0 Å². The first kappa shape index (κ1) is 18.8. The summed E-state index contributed by atoms with van der Waals surface area (Å²) in [4.78, 5) is 21.0. The zero-order valence-electron chi connectivity index (χ0n) is 16.8. The molecular formula is C21H20N8O2. The predicted molar refractivity (Wildman–Crippen MR) is 115 cm³/mol. The summed E-state index contributed by atoms with van der Waals surface area (Å²) < 4.78 is 11.3. The molecule has 0 unspecified atom stereocenters. The van der Waals surface area contributed by atoms with Crippen LogP contribution in [0.2, 0.25) is 0 Å². The fourth-order valence-corrected chi connectivity index (χ4v) is 3.19. The van der Waals surface area contributed by atoms with E-state index in [2.05, 4.69) is 25.1 Å². The molecule has 0 spiro atoms. The largest absolute Gasteiger partial charge is 0.487 e. The van der Waals surface area contributed by atoms with Crippen LogP contribution >= 0.6 is 0 Å². The van der Waals surface area contributed by atoms with Crippen LogP contribution in [0.25, 0.3) is 11.6 Å². The van der Waals surface area contributed by atoms with Crippen molar-refractivity contribution in [1.82, 2.24) is 25.1 Å². The highest BCUT2D eigenvalue weighted by Gasteiger charge is 2.32. The standard InChI is InChI=1S/C21H20N8O2/c1-28(14-8-4-2-5-9-14)20-24-17(23-19(22)26-20)18-25-21(31-27-18)29-12-16(13-29)30-15-10-6-3-7-11-15/h2-11,16H,12-13H2,1H3,(H2,22,23,24,26). The van der Waals surface area contributed by atoms with Crippen molar-refractivity contribution in [3.63, 3.8) is 0 Å². The Morgan fingerprint density at radius 1 is 0.935 bits per heavy atom. The van der Waals surface area contributed by atoms with Gasteiger partial charge in [0.15, 0.2) is 0 Å². The highest BCUT2D eigenvalue weighted by atomic mass is 16.5. The maximum Gasteiger partial charge on any atom is 0.324 e. The normalized spacial score (nSPS) is 13.6. The molecule has 10 heteroatoms. The Kier molecular flexibility index (Phi) is 4.79. The second kappa shape index (κ2) is 7.90. The molecule has 4 aromatic rings. The Hall–Kier alpha value is -4.21. The number of benzene rings is 2. The van der Waals surface area contributed by atoms with Crippen LogP contribution in [0, 0.1) is 0 Å². The van der Waals surface area contributed by atoms with Crippen LogP contribution in [-0.4, -0.2) is 51.3 Å². The van der Waals surface area contributed by atoms with Crippen LogP contribution in [0.3, 0.4) is 0 Å². The van der Waals surface area contributed by atoms with Gasteiger partial charge in [-0.3, -0.25) is 0 Å². The Bertz CT molecular complexity index is 1160. The first-order valence-electron chi connectivity index (χ1n) is 9.77. The van der Waals surface area contributed by atoms with Gasteiger partial charge >= 0.3 is 6.01 Å². The molecule has 2 N–H and O–H groups in total.